The molecular formula is C21H26FN5O2. The number of carbonyl (C=O) groups is 2. The van der Waals surface area contributed by atoms with Crippen LogP contribution in [-0.4, -0.2) is 59.1 Å². The van der Waals surface area contributed by atoms with Gasteiger partial charge in [-0.15, -0.1) is 0 Å². The maximum absolute atomic E-state index is 14.2. The van der Waals surface area contributed by atoms with Gasteiger partial charge in [0, 0.05) is 25.2 Å². The van der Waals surface area contributed by atoms with Gasteiger partial charge < -0.3 is 15.5 Å². The Kier molecular flexibility index (Phi) is 5.89. The predicted octanol–water partition coefficient (Wildman–Crippen LogP) is 1.94. The Balaban J connectivity index is 1.40. The van der Waals surface area contributed by atoms with E-state index in [1.54, 1.807) is 23.1 Å². The van der Waals surface area contributed by atoms with Gasteiger partial charge in [-0.1, -0.05) is 12.1 Å². The van der Waals surface area contributed by atoms with Crippen LogP contribution < -0.4 is 10.6 Å². The summed E-state index contributed by atoms with van der Waals surface area (Å²) in [6.07, 6.45) is 5.20. The van der Waals surface area contributed by atoms with Gasteiger partial charge in [-0.25, -0.2) is 4.39 Å². The fourth-order valence-electron chi connectivity index (χ4n) is 4.18. The van der Waals surface area contributed by atoms with Gasteiger partial charge in [0.05, 0.1) is 23.5 Å². The van der Waals surface area contributed by atoms with E-state index in [9.17, 15) is 14.0 Å². The molecule has 29 heavy (non-hydrogen) atoms. The largest absolute Gasteiger partial charge is 0.354 e. The average molecular weight is 399 g/mol. The summed E-state index contributed by atoms with van der Waals surface area (Å²) in [4.78, 5) is 27.1. The molecule has 2 aliphatic rings. The first-order valence-electron chi connectivity index (χ1n) is 10.2. The number of benzene rings is 1. The molecule has 0 aliphatic carbocycles. The molecule has 2 aliphatic heterocycles. The van der Waals surface area contributed by atoms with Gasteiger partial charge in [-0.2, -0.15) is 5.10 Å². The van der Waals surface area contributed by atoms with E-state index in [0.29, 0.717) is 36.5 Å². The minimum atomic E-state index is -0.398. The summed E-state index contributed by atoms with van der Waals surface area (Å²) < 4.78 is 14.2. The van der Waals surface area contributed by atoms with Crippen molar-refractivity contribution in [1.29, 1.82) is 0 Å². The fourth-order valence-corrected chi connectivity index (χ4v) is 4.18. The molecule has 0 saturated carbocycles. The third kappa shape index (κ3) is 4.32. The quantitative estimate of drug-likeness (QED) is 0.717. The number of hydrogen-bond acceptors (Lipinski definition) is 4. The van der Waals surface area contributed by atoms with Gasteiger partial charge in [-0.05, 0) is 50.3 Å². The zero-order valence-corrected chi connectivity index (χ0v) is 16.3. The lowest BCUT2D eigenvalue weighted by atomic mass is 9.96. The maximum atomic E-state index is 14.2. The first-order chi connectivity index (χ1) is 14.1. The SMILES string of the molecule is O=C(NCC1CCCN(C(=O)c2cn[nH]c2-c2ccccc2F)C1)C1CCCN1. The Morgan fingerprint density at radius 2 is 2.10 bits per heavy atom. The van der Waals surface area contributed by atoms with Crippen LogP contribution in [0.3, 0.4) is 0 Å². The Labute approximate surface area is 169 Å². The number of aromatic amines is 1. The van der Waals surface area contributed by atoms with Crippen molar-refractivity contribution < 1.29 is 14.0 Å². The molecule has 3 N–H and O–H groups in total. The van der Waals surface area contributed by atoms with E-state index in [2.05, 4.69) is 20.8 Å². The minimum Gasteiger partial charge on any atom is -0.354 e. The van der Waals surface area contributed by atoms with Crippen molar-refractivity contribution in [2.75, 3.05) is 26.2 Å². The molecule has 8 heteroatoms. The van der Waals surface area contributed by atoms with E-state index in [0.717, 1.165) is 32.2 Å². The monoisotopic (exact) mass is 399 g/mol. The van der Waals surface area contributed by atoms with Crippen LogP contribution >= 0.6 is 0 Å². The molecule has 2 aromatic rings. The van der Waals surface area contributed by atoms with Crippen molar-refractivity contribution in [2.45, 2.75) is 31.7 Å². The highest BCUT2D eigenvalue weighted by Gasteiger charge is 2.29. The van der Waals surface area contributed by atoms with Gasteiger partial charge in [0.1, 0.15) is 5.82 Å². The van der Waals surface area contributed by atoms with Crippen molar-refractivity contribution in [1.82, 2.24) is 25.7 Å². The van der Waals surface area contributed by atoms with Crippen LogP contribution in [0, 0.1) is 11.7 Å². The number of aromatic nitrogens is 2. The number of carbonyl (C=O) groups excluding carboxylic acids is 2. The van der Waals surface area contributed by atoms with Gasteiger partial charge in [-0.3, -0.25) is 14.7 Å². The van der Waals surface area contributed by atoms with Crippen LogP contribution in [0.4, 0.5) is 4.39 Å². The third-order valence-corrected chi connectivity index (χ3v) is 5.76. The number of nitrogens with one attached hydrogen (secondary N) is 3. The second kappa shape index (κ2) is 8.73. The van der Waals surface area contributed by atoms with E-state index in [-0.39, 0.29) is 23.8 Å². The van der Waals surface area contributed by atoms with Crippen molar-refractivity contribution in [2.24, 2.45) is 5.92 Å². The van der Waals surface area contributed by atoms with E-state index in [4.69, 9.17) is 0 Å². The first kappa shape index (κ1) is 19.6. The van der Waals surface area contributed by atoms with Crippen molar-refractivity contribution in [3.63, 3.8) is 0 Å². The number of halogens is 1. The molecule has 154 valence electrons. The normalized spacial score (nSPS) is 21.9. The summed E-state index contributed by atoms with van der Waals surface area (Å²) >= 11 is 0. The maximum Gasteiger partial charge on any atom is 0.257 e. The minimum absolute atomic E-state index is 0.0441. The highest BCUT2D eigenvalue weighted by atomic mass is 19.1. The standard InChI is InChI=1S/C21H26FN5O2/c22-17-7-2-1-6-15(17)19-16(12-25-26-19)21(29)27-10-4-5-14(13-27)11-24-20(28)18-8-3-9-23-18/h1-2,6-7,12,14,18,23H,3-5,8-11,13H2,(H,24,28)(H,25,26). The highest BCUT2D eigenvalue weighted by molar-refractivity contribution is 5.99. The van der Waals surface area contributed by atoms with E-state index < -0.39 is 5.82 Å². The summed E-state index contributed by atoms with van der Waals surface area (Å²) in [6, 6.07) is 6.24. The smallest absolute Gasteiger partial charge is 0.257 e. The molecule has 0 spiro atoms. The van der Waals surface area contributed by atoms with Crippen molar-refractivity contribution in [3.8, 4) is 11.3 Å². The summed E-state index contributed by atoms with van der Waals surface area (Å²) in [5.41, 5.74) is 1.10. The average Bonchev–Trinajstić information content (AvgIpc) is 3.44. The zero-order chi connectivity index (χ0) is 20.2. The lowest BCUT2D eigenvalue weighted by Gasteiger charge is -2.33. The topological polar surface area (TPSA) is 90.1 Å². The summed E-state index contributed by atoms with van der Waals surface area (Å²) in [7, 11) is 0. The fraction of sp³-hybridized carbons (Fsp3) is 0.476. The van der Waals surface area contributed by atoms with Crippen molar-refractivity contribution >= 4 is 11.8 Å². The molecule has 2 atom stereocenters. The predicted molar refractivity (Wildman–Crippen MR) is 107 cm³/mol. The zero-order valence-electron chi connectivity index (χ0n) is 16.3. The Morgan fingerprint density at radius 3 is 2.90 bits per heavy atom. The number of rotatable bonds is 5. The molecule has 1 aromatic carbocycles. The lowest BCUT2D eigenvalue weighted by Crippen LogP contribution is -2.46. The highest BCUT2D eigenvalue weighted by Crippen LogP contribution is 2.26. The van der Waals surface area contributed by atoms with Gasteiger partial charge in [0.2, 0.25) is 5.91 Å². The molecule has 2 amide bonds. The first-order valence-corrected chi connectivity index (χ1v) is 10.2. The van der Waals surface area contributed by atoms with E-state index in [1.807, 2.05) is 0 Å². The molecule has 2 saturated heterocycles. The number of piperidine rings is 1. The molecule has 0 radical (unpaired) electrons. The molecule has 0 bridgehead atoms. The lowest BCUT2D eigenvalue weighted by molar-refractivity contribution is -0.123. The molecule has 1 aromatic heterocycles. The van der Waals surface area contributed by atoms with Gasteiger partial charge >= 0.3 is 0 Å². The molecule has 7 nitrogen and oxygen atoms in total. The molecule has 2 unspecified atom stereocenters. The van der Waals surface area contributed by atoms with Crippen LogP contribution in [0.5, 0.6) is 0 Å². The van der Waals surface area contributed by atoms with Crippen LogP contribution in [0.25, 0.3) is 11.3 Å². The number of hydrogen-bond donors (Lipinski definition) is 3. The number of H-pyrrole nitrogens is 1. The third-order valence-electron chi connectivity index (χ3n) is 5.76. The second-order valence-corrected chi connectivity index (χ2v) is 7.79. The summed E-state index contributed by atoms with van der Waals surface area (Å²) in [6.45, 7) is 2.67. The van der Waals surface area contributed by atoms with Crippen LogP contribution in [-0.2, 0) is 4.79 Å². The van der Waals surface area contributed by atoms with Gasteiger partial charge in [0.25, 0.3) is 5.91 Å². The van der Waals surface area contributed by atoms with Crippen molar-refractivity contribution in [3.05, 3.63) is 41.8 Å². The van der Waals surface area contributed by atoms with Crippen LogP contribution in [0.1, 0.15) is 36.0 Å². The molecule has 3 heterocycles. The van der Waals surface area contributed by atoms with Crippen LogP contribution in [0.2, 0.25) is 0 Å². The summed E-state index contributed by atoms with van der Waals surface area (Å²) in [5.74, 6) is -0.305. The number of nitrogens with zero attached hydrogens (tertiary/aromatic N) is 2. The Morgan fingerprint density at radius 1 is 1.24 bits per heavy atom. The van der Waals surface area contributed by atoms with Gasteiger partial charge in [0.15, 0.2) is 0 Å². The Bertz CT molecular complexity index is 877. The van der Waals surface area contributed by atoms with Crippen LogP contribution in [0.15, 0.2) is 30.5 Å². The number of likely N-dealkylation sites (tertiary alicyclic amines) is 1. The molecular weight excluding hydrogens is 373 g/mol. The number of amides is 2. The molecule has 2 fully saturated rings. The van der Waals surface area contributed by atoms with E-state index in [1.165, 1.54) is 12.3 Å². The second-order valence-electron chi connectivity index (χ2n) is 7.79. The van der Waals surface area contributed by atoms with E-state index >= 15 is 0 Å². The molecule has 4 rings (SSSR count). The summed E-state index contributed by atoms with van der Waals surface area (Å²) in [5, 5.41) is 13.0. The Hall–Kier alpha value is -2.74.